The number of para-hydroxylation sites is 1. The summed E-state index contributed by atoms with van der Waals surface area (Å²) >= 11 is 0. The van der Waals surface area contributed by atoms with Gasteiger partial charge in [-0.15, -0.1) is 0 Å². The lowest BCUT2D eigenvalue weighted by molar-refractivity contribution is -0.137. The highest BCUT2D eigenvalue weighted by Gasteiger charge is 2.33. The van der Waals surface area contributed by atoms with Gasteiger partial charge in [-0.3, -0.25) is 14.3 Å². The number of nitrogens with one attached hydrogen (secondary N) is 1. The van der Waals surface area contributed by atoms with E-state index in [1.165, 1.54) is 10.6 Å². The van der Waals surface area contributed by atoms with Gasteiger partial charge < -0.3 is 5.32 Å². The third-order valence-electron chi connectivity index (χ3n) is 5.62. The second kappa shape index (κ2) is 7.75. The maximum Gasteiger partial charge on any atom is 0.416 e. The van der Waals surface area contributed by atoms with Gasteiger partial charge in [0.15, 0.2) is 0 Å². The number of anilines is 1. The van der Waals surface area contributed by atoms with Crippen LogP contribution in [-0.2, 0) is 6.18 Å². The number of alkyl halides is 3. The van der Waals surface area contributed by atoms with Gasteiger partial charge in [-0.25, -0.2) is 0 Å². The van der Waals surface area contributed by atoms with E-state index in [9.17, 15) is 23.2 Å². The van der Waals surface area contributed by atoms with Crippen molar-refractivity contribution >= 4 is 16.6 Å². The van der Waals surface area contributed by atoms with Crippen LogP contribution in [0.1, 0.15) is 25.0 Å². The molecule has 0 saturated carbocycles. The summed E-state index contributed by atoms with van der Waals surface area (Å²) in [6.07, 6.45) is -4.56. The van der Waals surface area contributed by atoms with Gasteiger partial charge in [0.05, 0.1) is 22.8 Å². The maximum atomic E-state index is 13.4. The first-order chi connectivity index (χ1) is 14.7. The molecule has 5 nitrogen and oxygen atoms in total. The summed E-state index contributed by atoms with van der Waals surface area (Å²) in [7, 11) is 0. The van der Waals surface area contributed by atoms with Gasteiger partial charge in [0.2, 0.25) is 0 Å². The Kier molecular flexibility index (Phi) is 5.23. The summed E-state index contributed by atoms with van der Waals surface area (Å²) in [6, 6.07) is 14.0. The number of aromatic nitrogens is 1. The molecule has 160 valence electrons. The molecule has 0 amide bonds. The molecule has 0 aliphatic carbocycles. The van der Waals surface area contributed by atoms with E-state index in [4.69, 9.17) is 0 Å². The van der Waals surface area contributed by atoms with Crippen molar-refractivity contribution in [1.82, 2.24) is 9.47 Å². The van der Waals surface area contributed by atoms with Crippen molar-refractivity contribution in [1.29, 1.82) is 5.26 Å². The number of fused-ring (bicyclic) bond motifs is 1. The van der Waals surface area contributed by atoms with E-state index in [2.05, 4.69) is 24.1 Å². The van der Waals surface area contributed by atoms with Gasteiger partial charge in [-0.1, -0.05) is 24.3 Å². The van der Waals surface area contributed by atoms with Gasteiger partial charge >= 0.3 is 6.18 Å². The number of hydrogen-bond acceptors (Lipinski definition) is 4. The average Bonchev–Trinajstić information content (AvgIpc) is 2.69. The fourth-order valence-electron chi connectivity index (χ4n) is 3.88. The summed E-state index contributed by atoms with van der Waals surface area (Å²) in [5, 5.41) is 13.4. The Morgan fingerprint density at radius 3 is 2.39 bits per heavy atom. The van der Waals surface area contributed by atoms with Crippen molar-refractivity contribution in [3.8, 4) is 11.8 Å². The van der Waals surface area contributed by atoms with E-state index in [0.717, 1.165) is 25.2 Å². The monoisotopic (exact) mass is 426 g/mol. The summed E-state index contributed by atoms with van der Waals surface area (Å²) in [5.74, 6) is 0. The minimum atomic E-state index is -4.56. The standard InChI is InChI=1S/C23H21F3N4O/c1-14(2)29-12-16(13-29)28-21-18-9-8-15(23(24,25)26)10-20(18)30(22(31)19(21)11-27)17-6-4-3-5-7-17/h3-10,14,16,28H,12-13H2,1-2H3. The van der Waals surface area contributed by atoms with E-state index >= 15 is 0 Å². The number of likely N-dealkylation sites (tertiary alicyclic amines) is 1. The lowest BCUT2D eigenvalue weighted by atomic mass is 10.0. The van der Waals surface area contributed by atoms with Crippen LogP contribution >= 0.6 is 0 Å². The van der Waals surface area contributed by atoms with Crippen molar-refractivity contribution in [3.63, 3.8) is 0 Å². The van der Waals surface area contributed by atoms with Crippen molar-refractivity contribution in [2.45, 2.75) is 32.1 Å². The van der Waals surface area contributed by atoms with Crippen LogP contribution in [0, 0.1) is 11.3 Å². The van der Waals surface area contributed by atoms with E-state index in [0.29, 0.717) is 17.1 Å². The smallest absolute Gasteiger partial charge is 0.378 e. The minimum Gasteiger partial charge on any atom is -0.378 e. The first-order valence-corrected chi connectivity index (χ1v) is 9.96. The van der Waals surface area contributed by atoms with E-state index < -0.39 is 17.3 Å². The fraction of sp³-hybridized carbons (Fsp3) is 0.304. The highest BCUT2D eigenvalue weighted by Crippen LogP contribution is 2.35. The molecular weight excluding hydrogens is 405 g/mol. The molecule has 1 fully saturated rings. The first-order valence-electron chi connectivity index (χ1n) is 9.96. The minimum absolute atomic E-state index is 0.00645. The Morgan fingerprint density at radius 2 is 1.81 bits per heavy atom. The van der Waals surface area contributed by atoms with Crippen LogP contribution in [0.25, 0.3) is 16.6 Å². The van der Waals surface area contributed by atoms with Crippen LogP contribution in [0.15, 0.2) is 53.3 Å². The highest BCUT2D eigenvalue weighted by atomic mass is 19.4. The molecule has 1 N–H and O–H groups in total. The Bertz CT molecular complexity index is 1220. The van der Waals surface area contributed by atoms with Crippen LogP contribution in [-0.4, -0.2) is 34.6 Å². The molecule has 3 aromatic rings. The first kappa shape index (κ1) is 20.9. The molecule has 0 bridgehead atoms. The molecular formula is C23H21F3N4O. The molecule has 0 radical (unpaired) electrons. The fourth-order valence-corrected chi connectivity index (χ4v) is 3.88. The molecule has 0 spiro atoms. The summed E-state index contributed by atoms with van der Waals surface area (Å²) in [6.45, 7) is 5.61. The number of pyridine rings is 1. The SMILES string of the molecule is CC(C)N1CC(Nc2c(C#N)c(=O)n(-c3ccccc3)c3cc(C(F)(F)F)ccc23)C1. The van der Waals surface area contributed by atoms with Crippen molar-refractivity contribution in [2.24, 2.45) is 0 Å². The van der Waals surface area contributed by atoms with Crippen molar-refractivity contribution < 1.29 is 13.2 Å². The number of rotatable bonds is 4. The van der Waals surface area contributed by atoms with E-state index in [-0.39, 0.29) is 22.8 Å². The zero-order valence-electron chi connectivity index (χ0n) is 17.1. The zero-order valence-corrected chi connectivity index (χ0v) is 17.1. The number of nitriles is 1. The molecule has 2 heterocycles. The molecule has 0 unspecified atom stereocenters. The van der Waals surface area contributed by atoms with Crippen LogP contribution in [0.3, 0.4) is 0 Å². The Morgan fingerprint density at radius 1 is 1.13 bits per heavy atom. The molecule has 0 atom stereocenters. The lowest BCUT2D eigenvalue weighted by Crippen LogP contribution is -2.57. The average molecular weight is 426 g/mol. The van der Waals surface area contributed by atoms with Crippen molar-refractivity contribution in [3.05, 3.63) is 70.0 Å². The molecule has 2 aromatic carbocycles. The number of halogens is 3. The van der Waals surface area contributed by atoms with Crippen LogP contribution in [0.2, 0.25) is 0 Å². The molecule has 31 heavy (non-hydrogen) atoms. The normalized spacial score (nSPS) is 15.1. The molecule has 8 heteroatoms. The quantitative estimate of drug-likeness (QED) is 0.673. The van der Waals surface area contributed by atoms with E-state index in [1.807, 2.05) is 6.07 Å². The zero-order chi connectivity index (χ0) is 22.3. The predicted molar refractivity (Wildman–Crippen MR) is 113 cm³/mol. The Hall–Kier alpha value is -3.31. The van der Waals surface area contributed by atoms with Crippen molar-refractivity contribution in [2.75, 3.05) is 18.4 Å². The number of hydrogen-bond donors (Lipinski definition) is 1. The second-order valence-electron chi connectivity index (χ2n) is 7.96. The Balaban J connectivity index is 1.94. The lowest BCUT2D eigenvalue weighted by Gasteiger charge is -2.43. The topological polar surface area (TPSA) is 61.1 Å². The van der Waals surface area contributed by atoms with Gasteiger partial charge in [-0.05, 0) is 38.1 Å². The summed E-state index contributed by atoms with van der Waals surface area (Å²) < 4.78 is 41.5. The van der Waals surface area contributed by atoms with Gasteiger partial charge in [-0.2, -0.15) is 18.4 Å². The van der Waals surface area contributed by atoms with Gasteiger partial charge in [0, 0.05) is 30.2 Å². The molecule has 1 saturated heterocycles. The number of nitrogens with zero attached hydrogens (tertiary/aromatic N) is 3. The second-order valence-corrected chi connectivity index (χ2v) is 7.96. The van der Waals surface area contributed by atoms with Crippen LogP contribution in [0.4, 0.5) is 18.9 Å². The highest BCUT2D eigenvalue weighted by molar-refractivity contribution is 5.96. The molecule has 1 aliphatic rings. The maximum absolute atomic E-state index is 13.4. The third-order valence-corrected chi connectivity index (χ3v) is 5.62. The molecule has 1 aliphatic heterocycles. The van der Waals surface area contributed by atoms with E-state index in [1.54, 1.807) is 30.3 Å². The number of benzene rings is 2. The molecule has 1 aromatic heterocycles. The molecule has 4 rings (SSSR count). The Labute approximate surface area is 177 Å². The summed E-state index contributed by atoms with van der Waals surface area (Å²) in [5.41, 5.74) is -0.824. The van der Waals surface area contributed by atoms with Gasteiger partial charge in [0.25, 0.3) is 5.56 Å². The van der Waals surface area contributed by atoms with Crippen LogP contribution in [0.5, 0.6) is 0 Å². The summed E-state index contributed by atoms with van der Waals surface area (Å²) in [4.78, 5) is 15.5. The third kappa shape index (κ3) is 3.77. The van der Waals surface area contributed by atoms with Crippen LogP contribution < -0.4 is 10.9 Å². The predicted octanol–water partition coefficient (Wildman–Crippen LogP) is 4.39. The largest absolute Gasteiger partial charge is 0.416 e. The van der Waals surface area contributed by atoms with Gasteiger partial charge in [0.1, 0.15) is 11.6 Å².